The number of halogens is 1. The molecule has 2 aliphatic heterocycles. The summed E-state index contributed by atoms with van der Waals surface area (Å²) in [6.45, 7) is 0.586. The lowest BCUT2D eigenvalue weighted by Crippen LogP contribution is -2.29. The Labute approximate surface area is 175 Å². The number of cyclic esters (lactones) is 1. The maximum Gasteiger partial charge on any atom is 0.414 e. The lowest BCUT2D eigenvalue weighted by atomic mass is 10.1. The van der Waals surface area contributed by atoms with E-state index >= 15 is 0 Å². The Kier molecular flexibility index (Phi) is 5.24. The molecule has 0 aromatic heterocycles. The summed E-state index contributed by atoms with van der Waals surface area (Å²) in [6, 6.07) is 9.88. The zero-order valence-electron chi connectivity index (χ0n) is 16.1. The fraction of sp³-hybridized carbons (Fsp3) is 0.250. The fourth-order valence-corrected chi connectivity index (χ4v) is 3.60. The predicted molar refractivity (Wildman–Crippen MR) is 107 cm³/mol. The standard InChI is InChI=1S/C20H17FN4O6/c21-14-6-5-13(10-17(14)25(29)30)24-11-12(9-18(24)26)19(27)22-15-3-1-2-4-16(15)23-7-8-31-20(23)28/h1-6,10,12H,7-9,11H2,(H,22,27). The minimum atomic E-state index is -1.01. The SMILES string of the molecule is O=C(Nc1ccccc1N1CCOC1=O)C1CC(=O)N(c2ccc(F)c([N+](=O)[O-])c2)C1. The van der Waals surface area contributed by atoms with E-state index in [0.29, 0.717) is 17.9 Å². The first kappa shape index (κ1) is 20.3. The van der Waals surface area contributed by atoms with Crippen LogP contribution >= 0.6 is 0 Å². The average Bonchev–Trinajstić information content (AvgIpc) is 3.34. The topological polar surface area (TPSA) is 122 Å². The highest BCUT2D eigenvalue weighted by molar-refractivity contribution is 6.05. The van der Waals surface area contributed by atoms with Gasteiger partial charge in [0.15, 0.2) is 0 Å². The number of ether oxygens (including phenoxy) is 1. The second-order valence-electron chi connectivity index (χ2n) is 7.07. The Morgan fingerprint density at radius 1 is 1.19 bits per heavy atom. The Morgan fingerprint density at radius 3 is 2.68 bits per heavy atom. The predicted octanol–water partition coefficient (Wildman–Crippen LogP) is 2.68. The molecule has 0 radical (unpaired) electrons. The molecule has 1 atom stereocenters. The Hall–Kier alpha value is -4.02. The van der Waals surface area contributed by atoms with Gasteiger partial charge in [0.1, 0.15) is 6.61 Å². The van der Waals surface area contributed by atoms with Crippen LogP contribution in [0.4, 0.5) is 31.9 Å². The van der Waals surface area contributed by atoms with Gasteiger partial charge in [-0.15, -0.1) is 0 Å². The quantitative estimate of drug-likeness (QED) is 0.577. The van der Waals surface area contributed by atoms with E-state index < -0.39 is 40.3 Å². The van der Waals surface area contributed by atoms with E-state index in [1.54, 1.807) is 24.3 Å². The number of rotatable bonds is 5. The monoisotopic (exact) mass is 428 g/mol. The highest BCUT2D eigenvalue weighted by atomic mass is 19.1. The molecule has 2 fully saturated rings. The number of para-hydroxylation sites is 2. The Morgan fingerprint density at radius 2 is 1.97 bits per heavy atom. The molecule has 4 rings (SSSR count). The van der Waals surface area contributed by atoms with Crippen molar-refractivity contribution in [2.45, 2.75) is 6.42 Å². The number of hydrogen-bond donors (Lipinski definition) is 1. The molecule has 0 aliphatic carbocycles. The summed E-state index contributed by atoms with van der Waals surface area (Å²) in [5.41, 5.74) is 0.279. The second kappa shape index (κ2) is 8.01. The Balaban J connectivity index is 1.51. The summed E-state index contributed by atoms with van der Waals surface area (Å²) < 4.78 is 18.5. The van der Waals surface area contributed by atoms with Gasteiger partial charge in [-0.2, -0.15) is 4.39 Å². The van der Waals surface area contributed by atoms with E-state index in [0.717, 1.165) is 12.1 Å². The number of amides is 3. The first-order valence-electron chi connectivity index (χ1n) is 9.43. The summed E-state index contributed by atoms with van der Waals surface area (Å²) in [4.78, 5) is 49.9. The Bertz CT molecular complexity index is 1090. The molecule has 1 N–H and O–H groups in total. The van der Waals surface area contributed by atoms with E-state index in [1.165, 1.54) is 15.9 Å². The van der Waals surface area contributed by atoms with Gasteiger partial charge in [0.05, 0.1) is 34.4 Å². The third-order valence-corrected chi connectivity index (χ3v) is 5.15. The lowest BCUT2D eigenvalue weighted by molar-refractivity contribution is -0.387. The molecule has 0 bridgehead atoms. The summed E-state index contributed by atoms with van der Waals surface area (Å²) in [6.07, 6.45) is -0.618. The number of nitrogens with zero attached hydrogens (tertiary/aromatic N) is 3. The van der Waals surface area contributed by atoms with E-state index in [-0.39, 0.29) is 25.3 Å². The van der Waals surface area contributed by atoms with Crippen molar-refractivity contribution in [2.24, 2.45) is 5.92 Å². The largest absolute Gasteiger partial charge is 0.447 e. The molecular weight excluding hydrogens is 411 g/mol. The van der Waals surface area contributed by atoms with Crippen molar-refractivity contribution in [3.63, 3.8) is 0 Å². The summed E-state index contributed by atoms with van der Waals surface area (Å²) >= 11 is 0. The van der Waals surface area contributed by atoms with E-state index in [4.69, 9.17) is 4.74 Å². The van der Waals surface area contributed by atoms with Crippen LogP contribution in [0.15, 0.2) is 42.5 Å². The number of carbonyl (C=O) groups excluding carboxylic acids is 3. The molecule has 0 spiro atoms. The fourth-order valence-electron chi connectivity index (χ4n) is 3.60. The van der Waals surface area contributed by atoms with Crippen LogP contribution in [0, 0.1) is 21.8 Å². The van der Waals surface area contributed by atoms with Crippen molar-refractivity contribution in [1.29, 1.82) is 0 Å². The zero-order valence-corrected chi connectivity index (χ0v) is 16.1. The highest BCUT2D eigenvalue weighted by Crippen LogP contribution is 2.32. The summed E-state index contributed by atoms with van der Waals surface area (Å²) in [5.74, 6) is -2.58. The second-order valence-corrected chi connectivity index (χ2v) is 7.07. The maximum atomic E-state index is 13.6. The van der Waals surface area contributed by atoms with Crippen molar-refractivity contribution in [1.82, 2.24) is 0 Å². The van der Waals surface area contributed by atoms with Gasteiger partial charge in [-0.25, -0.2) is 4.79 Å². The number of carbonyl (C=O) groups is 3. The first-order valence-corrected chi connectivity index (χ1v) is 9.43. The third kappa shape index (κ3) is 3.89. The average molecular weight is 428 g/mol. The minimum absolute atomic E-state index is 0.0125. The summed E-state index contributed by atoms with van der Waals surface area (Å²) in [7, 11) is 0. The van der Waals surface area contributed by atoms with E-state index in [1.807, 2.05) is 0 Å². The smallest absolute Gasteiger partial charge is 0.414 e. The number of nitro groups is 1. The van der Waals surface area contributed by atoms with Gasteiger partial charge >= 0.3 is 11.8 Å². The van der Waals surface area contributed by atoms with Gasteiger partial charge in [0.25, 0.3) is 0 Å². The molecule has 0 saturated carbocycles. The molecule has 2 aromatic carbocycles. The van der Waals surface area contributed by atoms with Crippen LogP contribution in [0.25, 0.3) is 0 Å². The zero-order chi connectivity index (χ0) is 22.1. The summed E-state index contributed by atoms with van der Waals surface area (Å²) in [5, 5.41) is 13.7. The number of hydrogen-bond acceptors (Lipinski definition) is 6. The van der Waals surface area contributed by atoms with Crippen LogP contribution in [-0.4, -0.2) is 42.5 Å². The maximum absolute atomic E-state index is 13.6. The van der Waals surface area contributed by atoms with Crippen LogP contribution in [0.5, 0.6) is 0 Å². The molecule has 2 aliphatic rings. The van der Waals surface area contributed by atoms with Gasteiger partial charge in [0.2, 0.25) is 17.6 Å². The van der Waals surface area contributed by atoms with Crippen LogP contribution < -0.4 is 15.1 Å². The molecule has 2 aromatic rings. The molecule has 160 valence electrons. The van der Waals surface area contributed by atoms with Crippen LogP contribution in [0.2, 0.25) is 0 Å². The molecule has 10 nitrogen and oxygen atoms in total. The molecule has 1 unspecified atom stereocenters. The van der Waals surface area contributed by atoms with Gasteiger partial charge in [-0.3, -0.25) is 24.6 Å². The van der Waals surface area contributed by atoms with Crippen LogP contribution in [-0.2, 0) is 14.3 Å². The third-order valence-electron chi connectivity index (χ3n) is 5.15. The van der Waals surface area contributed by atoms with Crippen LogP contribution in [0.3, 0.4) is 0 Å². The van der Waals surface area contributed by atoms with Gasteiger partial charge < -0.3 is 15.0 Å². The van der Waals surface area contributed by atoms with Crippen molar-refractivity contribution in [2.75, 3.05) is 34.8 Å². The van der Waals surface area contributed by atoms with E-state index in [9.17, 15) is 28.9 Å². The highest BCUT2D eigenvalue weighted by Gasteiger charge is 2.36. The minimum Gasteiger partial charge on any atom is -0.447 e. The number of benzene rings is 2. The number of nitrogens with one attached hydrogen (secondary N) is 1. The van der Waals surface area contributed by atoms with Crippen molar-refractivity contribution in [3.05, 3.63) is 58.4 Å². The normalized spacial score (nSPS) is 18.3. The molecule has 11 heteroatoms. The van der Waals surface area contributed by atoms with Gasteiger partial charge in [0, 0.05) is 19.0 Å². The molecule has 31 heavy (non-hydrogen) atoms. The van der Waals surface area contributed by atoms with Gasteiger partial charge in [-0.05, 0) is 24.3 Å². The lowest BCUT2D eigenvalue weighted by Gasteiger charge is -2.19. The molecule has 2 saturated heterocycles. The number of nitro benzene ring substituents is 1. The van der Waals surface area contributed by atoms with Crippen molar-refractivity contribution >= 4 is 40.7 Å². The van der Waals surface area contributed by atoms with Crippen molar-refractivity contribution in [3.8, 4) is 0 Å². The molecule has 3 amide bonds. The van der Waals surface area contributed by atoms with Crippen LogP contribution in [0.1, 0.15) is 6.42 Å². The van der Waals surface area contributed by atoms with Gasteiger partial charge in [-0.1, -0.05) is 12.1 Å². The first-order chi connectivity index (χ1) is 14.8. The molecular formula is C20H17FN4O6. The number of anilines is 3. The van der Waals surface area contributed by atoms with E-state index in [2.05, 4.69) is 5.32 Å². The van der Waals surface area contributed by atoms with Crippen molar-refractivity contribution < 1.29 is 28.4 Å². The molecule has 2 heterocycles.